The van der Waals surface area contributed by atoms with Gasteiger partial charge in [-0.25, -0.2) is 15.0 Å². The Morgan fingerprint density at radius 2 is 2.10 bits per heavy atom. The van der Waals surface area contributed by atoms with Crippen molar-refractivity contribution in [2.24, 2.45) is 16.3 Å². The molecule has 2 N–H and O–H groups in total. The summed E-state index contributed by atoms with van der Waals surface area (Å²) in [6.07, 6.45) is 8.17. The van der Waals surface area contributed by atoms with E-state index in [0.29, 0.717) is 12.5 Å². The Labute approximate surface area is 180 Å². The molecular weight excluding hydrogens is 376 g/mol. The highest BCUT2D eigenvalue weighted by atomic mass is 16.5. The largest absolute Gasteiger partial charge is 0.377 e. The molecule has 0 saturated carbocycles. The highest BCUT2D eigenvalue weighted by Crippen LogP contribution is 2.33. The SMILES string of the molecule is CCNC(=NCc1ccc(-n2ccnc2C)nc1)NCC1CCCOC1C(C)(C)C. The number of aromatic nitrogens is 3. The number of imidazole rings is 1. The molecule has 30 heavy (non-hydrogen) atoms. The van der Waals surface area contributed by atoms with Crippen molar-refractivity contribution in [1.29, 1.82) is 0 Å². The fourth-order valence-corrected chi connectivity index (χ4v) is 4.02. The van der Waals surface area contributed by atoms with Crippen LogP contribution in [0.2, 0.25) is 0 Å². The Morgan fingerprint density at radius 1 is 1.27 bits per heavy atom. The van der Waals surface area contributed by atoms with Crippen LogP contribution in [0.1, 0.15) is 51.9 Å². The molecule has 1 aliphatic heterocycles. The van der Waals surface area contributed by atoms with E-state index in [0.717, 1.165) is 49.3 Å². The van der Waals surface area contributed by atoms with Gasteiger partial charge < -0.3 is 15.4 Å². The van der Waals surface area contributed by atoms with E-state index in [1.165, 1.54) is 6.42 Å². The summed E-state index contributed by atoms with van der Waals surface area (Å²) in [5, 5.41) is 6.88. The zero-order chi connectivity index (χ0) is 21.6. The topological polar surface area (TPSA) is 76.4 Å². The van der Waals surface area contributed by atoms with Gasteiger partial charge in [-0.2, -0.15) is 0 Å². The second-order valence-electron chi connectivity index (χ2n) is 9.00. The van der Waals surface area contributed by atoms with E-state index in [1.807, 2.05) is 30.0 Å². The fourth-order valence-electron chi connectivity index (χ4n) is 4.02. The summed E-state index contributed by atoms with van der Waals surface area (Å²) in [4.78, 5) is 13.6. The van der Waals surface area contributed by atoms with Crippen LogP contribution < -0.4 is 10.6 Å². The van der Waals surface area contributed by atoms with Gasteiger partial charge in [-0.15, -0.1) is 0 Å². The first-order valence-corrected chi connectivity index (χ1v) is 11.0. The first-order valence-electron chi connectivity index (χ1n) is 11.0. The molecule has 2 aromatic rings. The summed E-state index contributed by atoms with van der Waals surface area (Å²) in [5.41, 5.74) is 1.21. The smallest absolute Gasteiger partial charge is 0.191 e. The number of nitrogens with zero attached hydrogens (tertiary/aromatic N) is 4. The van der Waals surface area contributed by atoms with E-state index >= 15 is 0 Å². The Balaban J connectivity index is 1.61. The third kappa shape index (κ3) is 5.81. The molecule has 3 heterocycles. The number of nitrogens with one attached hydrogen (secondary N) is 2. The standard InChI is InChI=1S/C23H36N6O/c1-6-24-22(28-16-19-8-7-13-30-21(19)23(3,4)5)27-15-18-9-10-20(26-14-18)29-12-11-25-17(29)2/h9-12,14,19,21H,6-8,13,15-16H2,1-5H3,(H2,24,27,28). The summed E-state index contributed by atoms with van der Waals surface area (Å²) in [7, 11) is 0. The minimum Gasteiger partial charge on any atom is -0.377 e. The Morgan fingerprint density at radius 3 is 2.73 bits per heavy atom. The lowest BCUT2D eigenvalue weighted by molar-refractivity contribution is -0.0835. The number of ether oxygens (including phenoxy) is 1. The predicted molar refractivity (Wildman–Crippen MR) is 121 cm³/mol. The van der Waals surface area contributed by atoms with Crippen molar-refractivity contribution in [3.63, 3.8) is 0 Å². The number of aliphatic imine (C=N–C) groups is 1. The molecule has 0 amide bonds. The van der Waals surface area contributed by atoms with Crippen LogP contribution in [0.15, 0.2) is 35.7 Å². The fraction of sp³-hybridized carbons (Fsp3) is 0.609. The molecule has 164 valence electrons. The van der Waals surface area contributed by atoms with Crippen LogP contribution in [0, 0.1) is 18.3 Å². The summed E-state index contributed by atoms with van der Waals surface area (Å²) < 4.78 is 8.08. The van der Waals surface area contributed by atoms with E-state index < -0.39 is 0 Å². The summed E-state index contributed by atoms with van der Waals surface area (Å²) in [5.74, 6) is 3.12. The lowest BCUT2D eigenvalue weighted by Crippen LogP contribution is -2.47. The Kier molecular flexibility index (Phi) is 7.48. The number of hydrogen-bond acceptors (Lipinski definition) is 4. The molecular formula is C23H36N6O. The summed E-state index contributed by atoms with van der Waals surface area (Å²) in [6, 6.07) is 4.08. The lowest BCUT2D eigenvalue weighted by Gasteiger charge is -2.40. The number of rotatable bonds is 6. The average Bonchev–Trinajstić information content (AvgIpc) is 3.16. The van der Waals surface area contributed by atoms with Crippen molar-refractivity contribution in [2.45, 2.75) is 60.1 Å². The van der Waals surface area contributed by atoms with Crippen LogP contribution in [0.25, 0.3) is 5.82 Å². The maximum atomic E-state index is 6.11. The van der Waals surface area contributed by atoms with E-state index in [9.17, 15) is 0 Å². The van der Waals surface area contributed by atoms with Crippen molar-refractivity contribution >= 4 is 5.96 Å². The third-order valence-corrected chi connectivity index (χ3v) is 5.48. The Bertz CT molecular complexity index is 821. The van der Waals surface area contributed by atoms with E-state index in [1.54, 1.807) is 6.20 Å². The highest BCUT2D eigenvalue weighted by molar-refractivity contribution is 5.79. The number of pyridine rings is 1. The predicted octanol–water partition coefficient (Wildman–Crippen LogP) is 3.47. The van der Waals surface area contributed by atoms with E-state index in [4.69, 9.17) is 9.73 Å². The van der Waals surface area contributed by atoms with Crippen molar-refractivity contribution in [3.8, 4) is 5.82 Å². The van der Waals surface area contributed by atoms with Crippen LogP contribution in [0.3, 0.4) is 0 Å². The average molecular weight is 413 g/mol. The van der Waals surface area contributed by atoms with Gasteiger partial charge in [0.05, 0.1) is 12.6 Å². The van der Waals surface area contributed by atoms with Gasteiger partial charge in [-0.05, 0) is 43.7 Å². The maximum Gasteiger partial charge on any atom is 0.191 e. The first-order chi connectivity index (χ1) is 14.4. The minimum absolute atomic E-state index is 0.142. The molecule has 0 aromatic carbocycles. The van der Waals surface area contributed by atoms with Gasteiger partial charge in [0.1, 0.15) is 11.6 Å². The molecule has 7 heteroatoms. The normalized spacial score (nSPS) is 20.2. The van der Waals surface area contributed by atoms with Gasteiger partial charge in [0.15, 0.2) is 5.96 Å². The quantitative estimate of drug-likeness (QED) is 0.561. The van der Waals surface area contributed by atoms with Gasteiger partial charge >= 0.3 is 0 Å². The third-order valence-electron chi connectivity index (χ3n) is 5.48. The zero-order valence-electron chi connectivity index (χ0n) is 19.0. The van der Waals surface area contributed by atoms with E-state index in [-0.39, 0.29) is 11.5 Å². The van der Waals surface area contributed by atoms with Crippen LogP contribution in [-0.4, -0.2) is 46.3 Å². The summed E-state index contributed by atoms with van der Waals surface area (Å²) in [6.45, 7) is 14.0. The first kappa shape index (κ1) is 22.3. The Hall–Kier alpha value is -2.41. The number of hydrogen-bond donors (Lipinski definition) is 2. The monoisotopic (exact) mass is 412 g/mol. The van der Waals surface area contributed by atoms with Gasteiger partial charge in [0.25, 0.3) is 0 Å². The van der Waals surface area contributed by atoms with Gasteiger partial charge in [0.2, 0.25) is 0 Å². The van der Waals surface area contributed by atoms with Crippen LogP contribution in [-0.2, 0) is 11.3 Å². The molecule has 0 radical (unpaired) electrons. The molecule has 1 fully saturated rings. The second-order valence-corrected chi connectivity index (χ2v) is 9.00. The van der Waals surface area contributed by atoms with Gasteiger partial charge in [0, 0.05) is 44.2 Å². The molecule has 2 atom stereocenters. The van der Waals surface area contributed by atoms with Crippen molar-refractivity contribution < 1.29 is 4.74 Å². The van der Waals surface area contributed by atoms with Crippen LogP contribution in [0.4, 0.5) is 0 Å². The maximum absolute atomic E-state index is 6.11. The number of aryl methyl sites for hydroxylation is 1. The molecule has 2 aromatic heterocycles. The molecule has 7 nitrogen and oxygen atoms in total. The van der Waals surface area contributed by atoms with Gasteiger partial charge in [-0.1, -0.05) is 26.8 Å². The van der Waals surface area contributed by atoms with Crippen molar-refractivity contribution in [1.82, 2.24) is 25.2 Å². The molecule has 0 bridgehead atoms. The molecule has 2 unspecified atom stereocenters. The van der Waals surface area contributed by atoms with Crippen molar-refractivity contribution in [2.75, 3.05) is 19.7 Å². The lowest BCUT2D eigenvalue weighted by atomic mass is 9.78. The van der Waals surface area contributed by atoms with Crippen LogP contribution in [0.5, 0.6) is 0 Å². The molecule has 1 aliphatic rings. The zero-order valence-corrected chi connectivity index (χ0v) is 19.0. The van der Waals surface area contributed by atoms with Crippen molar-refractivity contribution in [3.05, 3.63) is 42.1 Å². The van der Waals surface area contributed by atoms with Crippen LogP contribution >= 0.6 is 0 Å². The van der Waals surface area contributed by atoms with Gasteiger partial charge in [-0.3, -0.25) is 4.57 Å². The number of guanidine groups is 1. The minimum atomic E-state index is 0.142. The molecule has 0 spiro atoms. The second kappa shape index (κ2) is 10.1. The summed E-state index contributed by atoms with van der Waals surface area (Å²) >= 11 is 0. The van der Waals surface area contributed by atoms with E-state index in [2.05, 4.69) is 54.4 Å². The highest BCUT2D eigenvalue weighted by Gasteiger charge is 2.35. The molecule has 0 aliphatic carbocycles. The molecule has 3 rings (SSSR count). The molecule has 1 saturated heterocycles.